The van der Waals surface area contributed by atoms with Gasteiger partial charge in [0.2, 0.25) is 5.91 Å². The molecule has 0 radical (unpaired) electrons. The first kappa shape index (κ1) is 11.5. The lowest BCUT2D eigenvalue weighted by molar-refractivity contribution is -0.117. The summed E-state index contributed by atoms with van der Waals surface area (Å²) in [7, 11) is 0. The molecule has 0 aliphatic carbocycles. The second-order valence-electron chi connectivity index (χ2n) is 3.76. The molecule has 0 bridgehead atoms. The summed E-state index contributed by atoms with van der Waals surface area (Å²) < 4.78 is 0. The molecule has 0 saturated carbocycles. The summed E-state index contributed by atoms with van der Waals surface area (Å²) in [5, 5.41) is 9.48. The minimum atomic E-state index is -0.521. The first-order valence-corrected chi connectivity index (χ1v) is 6.41. The van der Waals surface area contributed by atoms with Crippen LogP contribution in [0.25, 0.3) is 0 Å². The Bertz CT molecular complexity index is 394. The molecule has 1 N–H and O–H groups in total. The summed E-state index contributed by atoms with van der Waals surface area (Å²) >= 11 is 1.72. The summed E-state index contributed by atoms with van der Waals surface area (Å²) in [5.74, 6) is 0.985. The van der Waals surface area contributed by atoms with Gasteiger partial charge < -0.3 is 10.0 Å². The highest BCUT2D eigenvalue weighted by Gasteiger charge is 2.30. The Hall–Kier alpha value is -1.00. The molecule has 16 heavy (non-hydrogen) atoms. The summed E-state index contributed by atoms with van der Waals surface area (Å²) in [6.07, 6.45) is -0.280. The van der Waals surface area contributed by atoms with Crippen molar-refractivity contribution in [3.05, 3.63) is 24.3 Å². The number of carbonyl (C=O) groups excluding carboxylic acids is 1. The van der Waals surface area contributed by atoms with Gasteiger partial charge in [0.15, 0.2) is 0 Å². The van der Waals surface area contributed by atoms with Crippen LogP contribution < -0.4 is 4.90 Å². The molecule has 1 aliphatic heterocycles. The van der Waals surface area contributed by atoms with E-state index in [9.17, 15) is 9.90 Å². The van der Waals surface area contributed by atoms with Crippen LogP contribution >= 0.6 is 11.8 Å². The number of benzene rings is 1. The summed E-state index contributed by atoms with van der Waals surface area (Å²) in [5.41, 5.74) is 0.927. The van der Waals surface area contributed by atoms with E-state index in [0.29, 0.717) is 6.54 Å². The van der Waals surface area contributed by atoms with E-state index in [2.05, 4.69) is 6.92 Å². The molecule has 1 heterocycles. The standard InChI is InChI=1S/C12H15NO2S/c1-2-16-11-6-4-3-5-10(11)13-8-9(14)7-12(13)15/h3-6,9,14H,2,7-8H2,1H3. The molecule has 1 aliphatic rings. The molecule has 1 atom stereocenters. The lowest BCUT2D eigenvalue weighted by atomic mass is 10.3. The third kappa shape index (κ3) is 2.23. The predicted octanol–water partition coefficient (Wildman–Crippen LogP) is 1.90. The number of amides is 1. The van der Waals surface area contributed by atoms with E-state index < -0.39 is 6.10 Å². The average molecular weight is 237 g/mol. The number of carbonyl (C=O) groups is 1. The zero-order valence-electron chi connectivity index (χ0n) is 9.22. The van der Waals surface area contributed by atoms with Crippen molar-refractivity contribution < 1.29 is 9.90 Å². The smallest absolute Gasteiger partial charge is 0.229 e. The molecule has 3 nitrogen and oxygen atoms in total. The Morgan fingerprint density at radius 1 is 1.50 bits per heavy atom. The van der Waals surface area contributed by atoms with Gasteiger partial charge >= 0.3 is 0 Å². The third-order valence-corrected chi connectivity index (χ3v) is 3.51. The molecule has 4 heteroatoms. The number of rotatable bonds is 3. The van der Waals surface area contributed by atoms with Gasteiger partial charge in [-0.1, -0.05) is 19.1 Å². The van der Waals surface area contributed by atoms with Gasteiger partial charge in [-0.15, -0.1) is 11.8 Å². The SMILES string of the molecule is CCSc1ccccc1N1CC(O)CC1=O. The van der Waals surface area contributed by atoms with Crippen LogP contribution in [-0.4, -0.2) is 29.4 Å². The van der Waals surface area contributed by atoms with Crippen molar-refractivity contribution in [1.29, 1.82) is 0 Å². The second-order valence-corrected chi connectivity index (χ2v) is 5.07. The number of aliphatic hydroxyl groups excluding tert-OH is 1. The van der Waals surface area contributed by atoms with Crippen LogP contribution in [0, 0.1) is 0 Å². The van der Waals surface area contributed by atoms with Crippen LogP contribution in [0.1, 0.15) is 13.3 Å². The number of aliphatic hydroxyl groups is 1. The molecule has 1 amide bonds. The van der Waals surface area contributed by atoms with Crippen LogP contribution in [0.2, 0.25) is 0 Å². The Labute approximate surface area is 99.5 Å². The quantitative estimate of drug-likeness (QED) is 0.816. The van der Waals surface area contributed by atoms with Crippen molar-refractivity contribution >= 4 is 23.4 Å². The summed E-state index contributed by atoms with van der Waals surface area (Å²) in [6, 6.07) is 7.85. The van der Waals surface area contributed by atoms with Crippen LogP contribution in [-0.2, 0) is 4.79 Å². The highest BCUT2D eigenvalue weighted by molar-refractivity contribution is 7.99. The first-order chi connectivity index (χ1) is 7.72. The van der Waals surface area contributed by atoms with Crippen molar-refractivity contribution in [3.8, 4) is 0 Å². The highest BCUT2D eigenvalue weighted by atomic mass is 32.2. The number of thioether (sulfide) groups is 1. The van der Waals surface area contributed by atoms with E-state index in [4.69, 9.17) is 0 Å². The maximum absolute atomic E-state index is 11.7. The molecule has 0 aromatic heterocycles. The minimum Gasteiger partial charge on any atom is -0.391 e. The van der Waals surface area contributed by atoms with Gasteiger partial charge in [-0.25, -0.2) is 0 Å². The van der Waals surface area contributed by atoms with Crippen molar-refractivity contribution in [3.63, 3.8) is 0 Å². The van der Waals surface area contributed by atoms with Crippen LogP contribution in [0.4, 0.5) is 5.69 Å². The van der Waals surface area contributed by atoms with E-state index >= 15 is 0 Å². The first-order valence-electron chi connectivity index (χ1n) is 5.42. The number of nitrogens with zero attached hydrogens (tertiary/aromatic N) is 1. The molecule has 2 rings (SSSR count). The van der Waals surface area contributed by atoms with Crippen molar-refractivity contribution in [1.82, 2.24) is 0 Å². The van der Waals surface area contributed by atoms with Crippen molar-refractivity contribution in [2.45, 2.75) is 24.3 Å². The Kier molecular flexibility index (Phi) is 3.51. The average Bonchev–Trinajstić information content (AvgIpc) is 2.59. The molecule has 1 aromatic carbocycles. The molecule has 1 unspecified atom stereocenters. The van der Waals surface area contributed by atoms with Gasteiger partial charge in [-0.2, -0.15) is 0 Å². The molecule has 1 fully saturated rings. The predicted molar refractivity (Wildman–Crippen MR) is 65.8 cm³/mol. The highest BCUT2D eigenvalue weighted by Crippen LogP contribution is 2.32. The van der Waals surface area contributed by atoms with Crippen LogP contribution in [0.15, 0.2) is 29.2 Å². The third-order valence-electron chi connectivity index (χ3n) is 2.56. The van der Waals surface area contributed by atoms with Crippen LogP contribution in [0.3, 0.4) is 0 Å². The number of anilines is 1. The number of hydrogen-bond acceptors (Lipinski definition) is 3. The van der Waals surface area contributed by atoms with Crippen molar-refractivity contribution in [2.75, 3.05) is 17.2 Å². The lowest BCUT2D eigenvalue weighted by Crippen LogP contribution is -2.25. The van der Waals surface area contributed by atoms with Crippen molar-refractivity contribution in [2.24, 2.45) is 0 Å². The summed E-state index contributed by atoms with van der Waals surface area (Å²) in [6.45, 7) is 2.50. The molecular formula is C12H15NO2S. The molecule has 86 valence electrons. The van der Waals surface area contributed by atoms with Gasteiger partial charge in [0, 0.05) is 4.90 Å². The molecule has 0 spiro atoms. The maximum atomic E-state index is 11.7. The zero-order chi connectivity index (χ0) is 11.5. The lowest BCUT2D eigenvalue weighted by Gasteiger charge is -2.19. The Balaban J connectivity index is 2.29. The minimum absolute atomic E-state index is 0.0108. The van der Waals surface area contributed by atoms with Gasteiger partial charge in [-0.05, 0) is 17.9 Å². The number of para-hydroxylation sites is 1. The fraction of sp³-hybridized carbons (Fsp3) is 0.417. The van der Waals surface area contributed by atoms with E-state index in [1.54, 1.807) is 16.7 Å². The van der Waals surface area contributed by atoms with E-state index in [1.807, 2.05) is 24.3 Å². The van der Waals surface area contributed by atoms with E-state index in [-0.39, 0.29) is 12.3 Å². The zero-order valence-corrected chi connectivity index (χ0v) is 10.0. The van der Waals surface area contributed by atoms with Gasteiger partial charge in [-0.3, -0.25) is 4.79 Å². The largest absolute Gasteiger partial charge is 0.391 e. The Morgan fingerprint density at radius 2 is 2.25 bits per heavy atom. The van der Waals surface area contributed by atoms with Gasteiger partial charge in [0.1, 0.15) is 0 Å². The summed E-state index contributed by atoms with van der Waals surface area (Å²) in [4.78, 5) is 14.5. The molecular weight excluding hydrogens is 222 g/mol. The van der Waals surface area contributed by atoms with Gasteiger partial charge in [0.05, 0.1) is 24.8 Å². The van der Waals surface area contributed by atoms with Gasteiger partial charge in [0.25, 0.3) is 0 Å². The second kappa shape index (κ2) is 4.89. The fourth-order valence-corrected chi connectivity index (χ4v) is 2.69. The normalized spacial score (nSPS) is 20.5. The molecule has 1 saturated heterocycles. The maximum Gasteiger partial charge on any atom is 0.229 e. The number of hydrogen-bond donors (Lipinski definition) is 1. The topological polar surface area (TPSA) is 40.5 Å². The molecule has 1 aromatic rings. The fourth-order valence-electron chi connectivity index (χ4n) is 1.88. The number of β-amino-alcohol motifs (C(OH)–C–C–N with tert-alkyl or cyclic N) is 1. The Morgan fingerprint density at radius 3 is 2.88 bits per heavy atom. The monoisotopic (exact) mass is 237 g/mol. The van der Waals surface area contributed by atoms with E-state index in [0.717, 1.165) is 16.3 Å². The van der Waals surface area contributed by atoms with E-state index in [1.165, 1.54) is 0 Å². The van der Waals surface area contributed by atoms with Crippen LogP contribution in [0.5, 0.6) is 0 Å².